The number of nitrogens with one attached hydrogen (secondary N) is 2. The highest BCUT2D eigenvalue weighted by molar-refractivity contribution is 7.90. The van der Waals surface area contributed by atoms with Gasteiger partial charge in [0.1, 0.15) is 9.84 Å². The average Bonchev–Trinajstić information content (AvgIpc) is 2.62. The Labute approximate surface area is 165 Å². The molecule has 2 unspecified atom stereocenters. The van der Waals surface area contributed by atoms with Crippen molar-refractivity contribution in [1.29, 1.82) is 0 Å². The van der Waals surface area contributed by atoms with Gasteiger partial charge < -0.3 is 15.4 Å². The molecule has 0 aromatic rings. The van der Waals surface area contributed by atoms with Gasteiger partial charge in [-0.05, 0) is 38.0 Å². The van der Waals surface area contributed by atoms with E-state index in [0.717, 1.165) is 19.0 Å². The van der Waals surface area contributed by atoms with E-state index >= 15 is 0 Å². The summed E-state index contributed by atoms with van der Waals surface area (Å²) in [6, 6.07) is 0.402. The molecule has 2 rings (SSSR count). The van der Waals surface area contributed by atoms with Gasteiger partial charge in [0.2, 0.25) is 0 Å². The summed E-state index contributed by atoms with van der Waals surface area (Å²) in [6.45, 7) is 7.74. The van der Waals surface area contributed by atoms with Crippen LogP contribution < -0.4 is 10.6 Å². The smallest absolute Gasteiger partial charge is 0.191 e. The highest BCUT2D eigenvalue weighted by Crippen LogP contribution is 2.53. The van der Waals surface area contributed by atoms with Crippen molar-refractivity contribution in [3.63, 3.8) is 0 Å². The van der Waals surface area contributed by atoms with E-state index < -0.39 is 9.84 Å². The van der Waals surface area contributed by atoms with Gasteiger partial charge in [-0.3, -0.25) is 4.99 Å². The normalized spacial score (nSPS) is 25.9. The molecule has 0 heterocycles. The lowest BCUT2D eigenvalue weighted by atomic mass is 9.55. The van der Waals surface area contributed by atoms with Crippen molar-refractivity contribution in [3.8, 4) is 0 Å². The Morgan fingerprint density at radius 3 is 2.48 bits per heavy atom. The Hall–Kier alpha value is -0.820. The number of rotatable bonds is 8. The third kappa shape index (κ3) is 6.08. The molecule has 158 valence electrons. The Kier molecular flexibility index (Phi) is 7.59. The van der Waals surface area contributed by atoms with Gasteiger partial charge >= 0.3 is 0 Å². The molecule has 2 aliphatic rings. The fourth-order valence-corrected chi connectivity index (χ4v) is 5.42. The topological polar surface area (TPSA) is 79.8 Å². The number of hydrogen-bond acceptors (Lipinski definition) is 4. The Morgan fingerprint density at radius 1 is 1.26 bits per heavy atom. The van der Waals surface area contributed by atoms with Crippen molar-refractivity contribution in [1.82, 2.24) is 10.6 Å². The molecule has 0 radical (unpaired) electrons. The second-order valence-corrected chi connectivity index (χ2v) is 11.4. The van der Waals surface area contributed by atoms with Gasteiger partial charge in [-0.15, -0.1) is 0 Å². The lowest BCUT2D eigenvalue weighted by molar-refractivity contribution is -0.145. The summed E-state index contributed by atoms with van der Waals surface area (Å²) >= 11 is 0. The third-order valence-corrected chi connectivity index (χ3v) is 7.30. The molecule has 2 fully saturated rings. The molecule has 2 N–H and O–H groups in total. The summed E-state index contributed by atoms with van der Waals surface area (Å²) in [4.78, 5) is 4.41. The van der Waals surface area contributed by atoms with Gasteiger partial charge in [-0.1, -0.05) is 33.1 Å². The van der Waals surface area contributed by atoms with Crippen LogP contribution in [-0.2, 0) is 14.6 Å². The van der Waals surface area contributed by atoms with Gasteiger partial charge in [0.25, 0.3) is 0 Å². The molecule has 1 spiro atoms. The first-order chi connectivity index (χ1) is 12.6. The maximum Gasteiger partial charge on any atom is 0.191 e. The largest absolute Gasteiger partial charge is 0.378 e. The van der Waals surface area contributed by atoms with Crippen LogP contribution in [0, 0.1) is 10.8 Å². The van der Waals surface area contributed by atoms with Crippen LogP contribution in [0.2, 0.25) is 0 Å². The second-order valence-electron chi connectivity index (χ2n) is 9.14. The van der Waals surface area contributed by atoms with Crippen LogP contribution in [0.4, 0.5) is 0 Å². The predicted molar refractivity (Wildman–Crippen MR) is 112 cm³/mol. The first kappa shape index (κ1) is 22.5. The number of aliphatic imine (C=N–C) groups is 1. The summed E-state index contributed by atoms with van der Waals surface area (Å²) < 4.78 is 28.9. The van der Waals surface area contributed by atoms with E-state index in [4.69, 9.17) is 4.74 Å². The van der Waals surface area contributed by atoms with Gasteiger partial charge in [-0.25, -0.2) is 8.42 Å². The van der Waals surface area contributed by atoms with Crippen molar-refractivity contribution in [3.05, 3.63) is 0 Å². The van der Waals surface area contributed by atoms with Crippen LogP contribution >= 0.6 is 0 Å². The van der Waals surface area contributed by atoms with Gasteiger partial charge in [-0.2, -0.15) is 0 Å². The quantitative estimate of drug-likeness (QED) is 0.483. The van der Waals surface area contributed by atoms with E-state index in [1.807, 2.05) is 0 Å². The Balaban J connectivity index is 1.91. The van der Waals surface area contributed by atoms with E-state index in [1.54, 1.807) is 7.05 Å². The van der Waals surface area contributed by atoms with Crippen LogP contribution in [0.3, 0.4) is 0 Å². The molecule has 6 nitrogen and oxygen atoms in total. The van der Waals surface area contributed by atoms with Crippen LogP contribution in [0.25, 0.3) is 0 Å². The number of sulfone groups is 1. The number of hydrogen-bond donors (Lipinski definition) is 2. The molecule has 0 amide bonds. The molecule has 7 heteroatoms. The lowest BCUT2D eigenvalue weighted by Gasteiger charge is -2.58. The molecule has 0 saturated heterocycles. The van der Waals surface area contributed by atoms with Crippen LogP contribution in [0.1, 0.15) is 65.7 Å². The van der Waals surface area contributed by atoms with Gasteiger partial charge in [0, 0.05) is 37.9 Å². The minimum atomic E-state index is -2.93. The van der Waals surface area contributed by atoms with E-state index in [2.05, 4.69) is 36.4 Å². The summed E-state index contributed by atoms with van der Waals surface area (Å²) in [7, 11) is -1.14. The molecule has 2 aliphatic carbocycles. The molecule has 27 heavy (non-hydrogen) atoms. The highest BCUT2D eigenvalue weighted by atomic mass is 32.2. The maximum absolute atomic E-state index is 11.5. The number of ether oxygens (including phenoxy) is 1. The van der Waals surface area contributed by atoms with Crippen molar-refractivity contribution in [2.45, 2.75) is 77.9 Å². The molecule has 2 saturated carbocycles. The summed E-state index contributed by atoms with van der Waals surface area (Å²) in [5, 5.41) is 7.05. The highest BCUT2D eigenvalue weighted by Gasteiger charge is 2.55. The summed E-state index contributed by atoms with van der Waals surface area (Å²) in [6.07, 6.45) is 9.68. The SMILES string of the molecule is CCOC1CC(NC(=NC)NCC(C)(C)CCS(C)(=O)=O)C12CCCCC2. The van der Waals surface area contributed by atoms with Crippen LogP contribution in [0.5, 0.6) is 0 Å². The molecule has 0 aromatic carbocycles. The maximum atomic E-state index is 11.5. The molecule has 0 aliphatic heterocycles. The van der Waals surface area contributed by atoms with Crippen molar-refractivity contribution < 1.29 is 13.2 Å². The van der Waals surface area contributed by atoms with E-state index in [1.165, 1.54) is 38.4 Å². The zero-order chi connectivity index (χ0) is 20.1. The Morgan fingerprint density at radius 2 is 1.93 bits per heavy atom. The zero-order valence-electron chi connectivity index (χ0n) is 17.8. The molecular formula is C20H39N3O3S. The van der Waals surface area contributed by atoms with Crippen LogP contribution in [-0.4, -0.2) is 58.7 Å². The van der Waals surface area contributed by atoms with Crippen molar-refractivity contribution in [2.75, 3.05) is 32.2 Å². The first-order valence-corrected chi connectivity index (χ1v) is 12.4. The zero-order valence-corrected chi connectivity index (χ0v) is 18.6. The fourth-order valence-electron chi connectivity index (χ4n) is 4.50. The standard InChI is InChI=1S/C20H39N3O3S/c1-6-26-17-14-16(20(17)10-8-7-9-11-20)23-18(21-4)22-15-19(2,3)12-13-27(5,24)25/h16-17H,6-15H2,1-5H3,(H2,21,22,23). The lowest BCUT2D eigenvalue weighted by Crippen LogP contribution is -2.66. The second kappa shape index (κ2) is 9.12. The minimum Gasteiger partial charge on any atom is -0.378 e. The van der Waals surface area contributed by atoms with E-state index in [0.29, 0.717) is 25.1 Å². The molecule has 0 bridgehead atoms. The van der Waals surface area contributed by atoms with Crippen molar-refractivity contribution in [2.24, 2.45) is 15.8 Å². The summed E-state index contributed by atoms with van der Waals surface area (Å²) in [5.74, 6) is 1.03. The van der Waals surface area contributed by atoms with E-state index in [9.17, 15) is 8.42 Å². The molecule has 0 aromatic heterocycles. The minimum absolute atomic E-state index is 0.114. The van der Waals surface area contributed by atoms with Crippen molar-refractivity contribution >= 4 is 15.8 Å². The monoisotopic (exact) mass is 401 g/mol. The molecular weight excluding hydrogens is 362 g/mol. The number of guanidine groups is 1. The van der Waals surface area contributed by atoms with Crippen LogP contribution in [0.15, 0.2) is 4.99 Å². The van der Waals surface area contributed by atoms with Gasteiger partial charge in [0.05, 0.1) is 11.9 Å². The first-order valence-electron chi connectivity index (χ1n) is 10.4. The third-order valence-electron chi connectivity index (χ3n) is 6.36. The van der Waals surface area contributed by atoms with E-state index in [-0.39, 0.29) is 16.6 Å². The summed E-state index contributed by atoms with van der Waals surface area (Å²) in [5.41, 5.74) is 0.133. The fraction of sp³-hybridized carbons (Fsp3) is 0.950. The van der Waals surface area contributed by atoms with Gasteiger partial charge in [0.15, 0.2) is 5.96 Å². The number of nitrogens with zero attached hydrogens (tertiary/aromatic N) is 1. The molecule has 2 atom stereocenters. The Bertz CT molecular complexity index is 610. The predicted octanol–water partition coefficient (Wildman–Crippen LogP) is 2.74. The average molecular weight is 402 g/mol.